The molecule has 0 amide bonds. The minimum absolute atomic E-state index is 0.623. The fourth-order valence-electron chi connectivity index (χ4n) is 12.8. The van der Waals surface area contributed by atoms with Crippen LogP contribution in [0.4, 0.5) is 0 Å². The number of benzene rings is 11. The molecule has 0 saturated heterocycles. The zero-order valence-corrected chi connectivity index (χ0v) is 40.8. The number of nitrogens with zero attached hydrogens (tertiary/aromatic N) is 7. The lowest BCUT2D eigenvalue weighted by Gasteiger charge is -2.23. The highest BCUT2D eigenvalue weighted by molar-refractivity contribution is 6.29. The lowest BCUT2D eigenvalue weighted by molar-refractivity contribution is 1.06. The van der Waals surface area contributed by atoms with E-state index in [4.69, 9.17) is 15.0 Å². The van der Waals surface area contributed by atoms with Crippen LogP contribution in [0, 0.1) is 0 Å². The molecule has 0 N–H and O–H groups in total. The Bertz CT molecular complexity index is 5010. The van der Waals surface area contributed by atoms with E-state index in [9.17, 15) is 0 Å². The highest BCUT2D eigenvalue weighted by Gasteiger charge is 2.32. The van der Waals surface area contributed by atoms with Gasteiger partial charge in [-0.2, -0.15) is 0 Å². The third kappa shape index (κ3) is 5.57. The van der Waals surface area contributed by atoms with Crippen LogP contribution in [0.3, 0.4) is 0 Å². The molecule has 0 radical (unpaired) electrons. The standard InChI is InChI=1S/C69H41N7/c1-3-21-42(22-4-1)67-70-68(43-23-5-2-6-24-43)72-69(71-67)52-40-39-50-53-41-61(73-54-32-14-7-25-44(54)45-26-8-15-33-55(45)73)65(74-56-34-16-9-27-46(56)47-28-10-17-35-57(47)74)66(64(53)76-60-38-20-13-31-51(60)62(52)63(50)76)75-58-36-18-11-29-48(58)49-30-12-19-37-59(49)75/h1-41H. The molecule has 17 rings (SSSR count). The van der Waals surface area contributed by atoms with Crippen LogP contribution < -0.4 is 0 Å². The number of para-hydroxylation sites is 7. The van der Waals surface area contributed by atoms with Crippen molar-refractivity contribution in [1.82, 2.24) is 33.1 Å². The molecule has 0 aliphatic rings. The summed E-state index contributed by atoms with van der Waals surface area (Å²) in [6.07, 6.45) is 0. The van der Waals surface area contributed by atoms with Crippen molar-refractivity contribution in [2.45, 2.75) is 0 Å². The molecule has 0 bridgehead atoms. The van der Waals surface area contributed by atoms with Gasteiger partial charge in [0, 0.05) is 70.6 Å². The predicted octanol–water partition coefficient (Wildman–Crippen LogP) is 17.3. The molecule has 0 fully saturated rings. The topological polar surface area (TPSA) is 57.9 Å². The van der Waals surface area contributed by atoms with Gasteiger partial charge in [-0.3, -0.25) is 0 Å². The smallest absolute Gasteiger partial charge is 0.164 e. The monoisotopic (exact) mass is 967 g/mol. The van der Waals surface area contributed by atoms with E-state index >= 15 is 0 Å². The molecule has 76 heavy (non-hydrogen) atoms. The molecule has 17 aromatic rings. The molecule has 0 saturated carbocycles. The average molecular weight is 968 g/mol. The Kier molecular flexibility index (Phi) is 8.43. The Balaban J connectivity index is 1.13. The molecule has 0 aliphatic heterocycles. The van der Waals surface area contributed by atoms with Crippen LogP contribution in [0.2, 0.25) is 0 Å². The molecule has 0 aliphatic carbocycles. The largest absolute Gasteiger partial charge is 0.307 e. The first-order chi connectivity index (χ1) is 37.8. The average Bonchev–Trinajstić information content (AvgIpc) is 4.37. The number of hydrogen-bond acceptors (Lipinski definition) is 3. The summed E-state index contributed by atoms with van der Waals surface area (Å²) in [4.78, 5) is 15.8. The van der Waals surface area contributed by atoms with Crippen molar-refractivity contribution in [3.63, 3.8) is 0 Å². The lowest BCUT2D eigenvalue weighted by Crippen LogP contribution is -2.10. The van der Waals surface area contributed by atoms with Gasteiger partial charge in [-0.05, 0) is 54.6 Å². The molecular weight excluding hydrogens is 927 g/mol. The summed E-state index contributed by atoms with van der Waals surface area (Å²) in [6.45, 7) is 0. The van der Waals surface area contributed by atoms with Gasteiger partial charge in [0.2, 0.25) is 0 Å². The first-order valence-electron chi connectivity index (χ1n) is 25.9. The molecule has 7 heteroatoms. The van der Waals surface area contributed by atoms with Gasteiger partial charge in [-0.15, -0.1) is 0 Å². The van der Waals surface area contributed by atoms with Crippen LogP contribution in [0.5, 0.6) is 0 Å². The minimum atomic E-state index is 0.623. The summed E-state index contributed by atoms with van der Waals surface area (Å²) in [7, 11) is 0. The second kappa shape index (κ2) is 15.6. The van der Waals surface area contributed by atoms with Gasteiger partial charge in [-0.1, -0.05) is 194 Å². The van der Waals surface area contributed by atoms with Gasteiger partial charge in [0.1, 0.15) is 0 Å². The highest BCUT2D eigenvalue weighted by atomic mass is 15.1. The van der Waals surface area contributed by atoms with Gasteiger partial charge in [0.05, 0.1) is 66.7 Å². The van der Waals surface area contributed by atoms with Crippen LogP contribution in [0.1, 0.15) is 0 Å². The Hall–Kier alpha value is -10.4. The van der Waals surface area contributed by atoms with Crippen molar-refractivity contribution in [2.75, 3.05) is 0 Å². The Labute approximate surface area is 434 Å². The fourth-order valence-corrected chi connectivity index (χ4v) is 12.8. The maximum Gasteiger partial charge on any atom is 0.164 e. The normalized spacial score (nSPS) is 12.2. The minimum Gasteiger partial charge on any atom is -0.307 e. The Morgan fingerprint density at radius 3 is 1.08 bits per heavy atom. The molecule has 0 atom stereocenters. The van der Waals surface area contributed by atoms with E-state index in [1.54, 1.807) is 0 Å². The zero-order valence-electron chi connectivity index (χ0n) is 40.8. The number of hydrogen-bond donors (Lipinski definition) is 0. The van der Waals surface area contributed by atoms with Crippen molar-refractivity contribution < 1.29 is 0 Å². The Morgan fingerprint density at radius 1 is 0.250 bits per heavy atom. The van der Waals surface area contributed by atoms with E-state index in [-0.39, 0.29) is 0 Å². The van der Waals surface area contributed by atoms with Crippen molar-refractivity contribution in [2.24, 2.45) is 0 Å². The predicted molar refractivity (Wildman–Crippen MR) is 314 cm³/mol. The van der Waals surface area contributed by atoms with Crippen LogP contribution >= 0.6 is 0 Å². The molecule has 6 heterocycles. The molecule has 7 nitrogen and oxygen atoms in total. The molecule has 6 aromatic heterocycles. The van der Waals surface area contributed by atoms with Crippen LogP contribution in [0.25, 0.3) is 155 Å². The quantitative estimate of drug-likeness (QED) is 0.167. The maximum atomic E-state index is 5.36. The third-order valence-electron chi connectivity index (χ3n) is 15.9. The van der Waals surface area contributed by atoms with E-state index in [1.165, 1.54) is 32.3 Å². The Morgan fingerprint density at radius 2 is 0.618 bits per heavy atom. The van der Waals surface area contributed by atoms with Gasteiger partial charge in [0.15, 0.2) is 17.5 Å². The van der Waals surface area contributed by atoms with Crippen molar-refractivity contribution in [1.29, 1.82) is 0 Å². The lowest BCUT2D eigenvalue weighted by atomic mass is 10.0. The van der Waals surface area contributed by atoms with E-state index in [0.29, 0.717) is 17.5 Å². The molecular formula is C69H41N7. The van der Waals surface area contributed by atoms with E-state index < -0.39 is 0 Å². The van der Waals surface area contributed by atoms with Gasteiger partial charge < -0.3 is 18.1 Å². The number of rotatable bonds is 6. The highest BCUT2D eigenvalue weighted by Crippen LogP contribution is 2.51. The summed E-state index contributed by atoms with van der Waals surface area (Å²) < 4.78 is 10.2. The number of fused-ring (bicyclic) bond motifs is 15. The van der Waals surface area contributed by atoms with Crippen LogP contribution in [-0.2, 0) is 0 Å². The summed E-state index contributed by atoms with van der Waals surface area (Å²) >= 11 is 0. The molecule has 0 unspecified atom stereocenters. The third-order valence-corrected chi connectivity index (χ3v) is 15.9. The fraction of sp³-hybridized carbons (Fsp3) is 0. The maximum absolute atomic E-state index is 5.36. The molecule has 352 valence electrons. The first kappa shape index (κ1) is 41.1. The van der Waals surface area contributed by atoms with Crippen LogP contribution in [0.15, 0.2) is 249 Å². The second-order valence-electron chi connectivity index (χ2n) is 19.9. The second-order valence-corrected chi connectivity index (χ2v) is 19.9. The van der Waals surface area contributed by atoms with E-state index in [1.807, 2.05) is 36.4 Å². The SMILES string of the molecule is c1ccc(-c2nc(-c3ccccc3)nc(-c3ccc4c5cc(-n6c7ccccc7c7ccccc76)c(-n6c7ccccc7c7ccccc76)c(-n6c7ccccc7c7ccccc76)c5n5c6ccccc6c3c45)n2)cc1. The van der Waals surface area contributed by atoms with Crippen molar-refractivity contribution in [3.05, 3.63) is 249 Å². The first-order valence-corrected chi connectivity index (χ1v) is 25.9. The van der Waals surface area contributed by atoms with Crippen LogP contribution in [-0.4, -0.2) is 33.1 Å². The van der Waals surface area contributed by atoms with Crippen molar-refractivity contribution >= 4 is 104 Å². The summed E-state index contributed by atoms with van der Waals surface area (Å²) in [6, 6.07) is 89.9. The molecule has 0 spiro atoms. The van der Waals surface area contributed by atoms with E-state index in [0.717, 1.165) is 105 Å². The zero-order chi connectivity index (χ0) is 49.6. The summed E-state index contributed by atoms with van der Waals surface area (Å²) in [5.41, 5.74) is 16.2. The van der Waals surface area contributed by atoms with E-state index in [2.05, 4.69) is 230 Å². The molecule has 11 aromatic carbocycles. The van der Waals surface area contributed by atoms with Gasteiger partial charge >= 0.3 is 0 Å². The van der Waals surface area contributed by atoms with Crippen molar-refractivity contribution in [3.8, 4) is 51.2 Å². The number of aromatic nitrogens is 7. The van der Waals surface area contributed by atoms with Gasteiger partial charge in [-0.25, -0.2) is 15.0 Å². The summed E-state index contributed by atoms with van der Waals surface area (Å²) in [5.74, 6) is 1.88. The van der Waals surface area contributed by atoms with Gasteiger partial charge in [0.25, 0.3) is 0 Å². The summed E-state index contributed by atoms with van der Waals surface area (Å²) in [5, 5.41) is 11.7.